The molecule has 0 saturated carbocycles. The van der Waals surface area contributed by atoms with Gasteiger partial charge in [-0.3, -0.25) is 4.79 Å². The molecule has 0 aliphatic carbocycles. The molecule has 0 saturated heterocycles. The Labute approximate surface area is 90.1 Å². The summed E-state index contributed by atoms with van der Waals surface area (Å²) in [4.78, 5) is 11.4. The minimum Gasteiger partial charge on any atom is -0.383 e. The van der Waals surface area contributed by atoms with E-state index in [1.54, 1.807) is 0 Å². The van der Waals surface area contributed by atoms with Crippen LogP contribution in [0.15, 0.2) is 30.3 Å². The van der Waals surface area contributed by atoms with Gasteiger partial charge in [-0.15, -0.1) is 0 Å². The summed E-state index contributed by atoms with van der Waals surface area (Å²) in [5, 5.41) is 12.3. The molecule has 1 aromatic carbocycles. The zero-order valence-electron chi connectivity index (χ0n) is 9.10. The van der Waals surface area contributed by atoms with Crippen molar-refractivity contribution < 1.29 is 9.90 Å². The Hall–Kier alpha value is -1.35. The Bertz CT molecular complexity index is 309. The van der Waals surface area contributed by atoms with Crippen LogP contribution in [0.3, 0.4) is 0 Å². The van der Waals surface area contributed by atoms with Crippen LogP contribution < -0.4 is 5.32 Å². The number of aliphatic hydroxyl groups is 1. The van der Waals surface area contributed by atoms with Gasteiger partial charge in [0.25, 0.3) is 0 Å². The number of carbonyl (C=O) groups excluding carboxylic acids is 1. The zero-order valence-corrected chi connectivity index (χ0v) is 9.10. The molecule has 1 atom stereocenters. The van der Waals surface area contributed by atoms with Crippen molar-refractivity contribution in [2.24, 2.45) is 0 Å². The van der Waals surface area contributed by atoms with Crippen molar-refractivity contribution in [3.05, 3.63) is 35.9 Å². The van der Waals surface area contributed by atoms with Crippen LogP contribution in [0.1, 0.15) is 19.4 Å². The number of carbonyl (C=O) groups is 1. The Kier molecular flexibility index (Phi) is 4.31. The summed E-state index contributed by atoms with van der Waals surface area (Å²) >= 11 is 0. The maximum absolute atomic E-state index is 11.4. The molecule has 0 aliphatic heterocycles. The van der Waals surface area contributed by atoms with Gasteiger partial charge >= 0.3 is 0 Å². The lowest BCUT2D eigenvalue weighted by molar-refractivity contribution is -0.129. The lowest BCUT2D eigenvalue weighted by Gasteiger charge is -2.13. The maximum Gasteiger partial charge on any atom is 0.249 e. The molecule has 0 aliphatic rings. The van der Waals surface area contributed by atoms with E-state index < -0.39 is 6.10 Å². The molecule has 82 valence electrons. The highest BCUT2D eigenvalue weighted by atomic mass is 16.3. The second kappa shape index (κ2) is 5.51. The first-order chi connectivity index (χ1) is 7.09. The third kappa shape index (κ3) is 4.13. The molecule has 0 radical (unpaired) electrons. The molecule has 0 heterocycles. The van der Waals surface area contributed by atoms with E-state index in [1.165, 1.54) is 0 Å². The Morgan fingerprint density at radius 3 is 2.47 bits per heavy atom. The van der Waals surface area contributed by atoms with Crippen molar-refractivity contribution in [2.75, 3.05) is 0 Å². The molecule has 3 heteroatoms. The minimum absolute atomic E-state index is 0.0583. The van der Waals surface area contributed by atoms with Gasteiger partial charge in [-0.25, -0.2) is 0 Å². The van der Waals surface area contributed by atoms with E-state index in [2.05, 4.69) is 5.32 Å². The Morgan fingerprint density at radius 1 is 1.33 bits per heavy atom. The predicted octanol–water partition coefficient (Wildman–Crippen LogP) is 1.11. The topological polar surface area (TPSA) is 49.3 Å². The smallest absolute Gasteiger partial charge is 0.249 e. The highest BCUT2D eigenvalue weighted by molar-refractivity contribution is 5.81. The van der Waals surface area contributed by atoms with E-state index in [0.29, 0.717) is 6.42 Å². The first kappa shape index (κ1) is 11.7. The van der Waals surface area contributed by atoms with Gasteiger partial charge in [0.2, 0.25) is 5.91 Å². The van der Waals surface area contributed by atoms with Crippen LogP contribution in [0.5, 0.6) is 0 Å². The Balaban J connectivity index is 2.49. The van der Waals surface area contributed by atoms with E-state index in [4.69, 9.17) is 0 Å². The summed E-state index contributed by atoms with van der Waals surface area (Å²) in [6.07, 6.45) is -0.603. The van der Waals surface area contributed by atoms with E-state index in [1.807, 2.05) is 44.2 Å². The molecule has 1 unspecified atom stereocenters. The van der Waals surface area contributed by atoms with E-state index in [9.17, 15) is 9.90 Å². The maximum atomic E-state index is 11.4. The summed E-state index contributed by atoms with van der Waals surface area (Å²) in [6, 6.07) is 9.54. The predicted molar refractivity (Wildman–Crippen MR) is 59.4 cm³/mol. The number of amides is 1. The molecule has 2 N–H and O–H groups in total. The summed E-state index contributed by atoms with van der Waals surface area (Å²) in [7, 11) is 0. The summed E-state index contributed by atoms with van der Waals surface area (Å²) in [5.74, 6) is -0.311. The number of rotatable bonds is 4. The molecule has 1 rings (SSSR count). The third-order valence-corrected chi connectivity index (χ3v) is 2.01. The van der Waals surface area contributed by atoms with Gasteiger partial charge in [0, 0.05) is 12.5 Å². The molecule has 1 amide bonds. The van der Waals surface area contributed by atoms with Gasteiger partial charge in [-0.1, -0.05) is 30.3 Å². The molecule has 0 spiro atoms. The van der Waals surface area contributed by atoms with Crippen LogP contribution in [0.2, 0.25) is 0 Å². The number of nitrogens with one attached hydrogen (secondary N) is 1. The van der Waals surface area contributed by atoms with E-state index in [0.717, 1.165) is 5.56 Å². The molecule has 0 fully saturated rings. The van der Waals surface area contributed by atoms with Gasteiger partial charge in [-0.2, -0.15) is 0 Å². The van der Waals surface area contributed by atoms with Crippen LogP contribution in [-0.4, -0.2) is 23.2 Å². The van der Waals surface area contributed by atoms with Gasteiger partial charge in [-0.05, 0) is 19.4 Å². The van der Waals surface area contributed by atoms with Crippen LogP contribution in [0.25, 0.3) is 0 Å². The van der Waals surface area contributed by atoms with Gasteiger partial charge < -0.3 is 10.4 Å². The molecule has 3 nitrogen and oxygen atoms in total. The normalized spacial score (nSPS) is 12.5. The van der Waals surface area contributed by atoms with Crippen molar-refractivity contribution in [1.29, 1.82) is 0 Å². The van der Waals surface area contributed by atoms with Crippen molar-refractivity contribution in [3.63, 3.8) is 0 Å². The van der Waals surface area contributed by atoms with E-state index in [-0.39, 0.29) is 11.9 Å². The molecule has 15 heavy (non-hydrogen) atoms. The number of aliphatic hydroxyl groups excluding tert-OH is 1. The number of benzene rings is 1. The standard InChI is InChI=1S/C12H17NO2/c1-9(2)13-12(15)11(14)8-10-6-4-3-5-7-10/h3-7,9,11,14H,8H2,1-2H3,(H,13,15). The number of hydrogen-bond donors (Lipinski definition) is 2. The average molecular weight is 207 g/mol. The molecular weight excluding hydrogens is 190 g/mol. The monoisotopic (exact) mass is 207 g/mol. The second-order valence-corrected chi connectivity index (χ2v) is 3.87. The summed E-state index contributed by atoms with van der Waals surface area (Å²) in [6.45, 7) is 3.74. The highest BCUT2D eigenvalue weighted by Gasteiger charge is 2.15. The van der Waals surface area contributed by atoms with Crippen molar-refractivity contribution >= 4 is 5.91 Å². The quantitative estimate of drug-likeness (QED) is 0.777. The second-order valence-electron chi connectivity index (χ2n) is 3.87. The molecule has 1 aromatic rings. The third-order valence-electron chi connectivity index (χ3n) is 2.01. The van der Waals surface area contributed by atoms with Crippen LogP contribution in [0, 0.1) is 0 Å². The Morgan fingerprint density at radius 2 is 1.93 bits per heavy atom. The van der Waals surface area contributed by atoms with Gasteiger partial charge in [0.05, 0.1) is 0 Å². The van der Waals surface area contributed by atoms with Crippen LogP contribution in [-0.2, 0) is 11.2 Å². The summed E-state index contributed by atoms with van der Waals surface area (Å²) < 4.78 is 0. The fraction of sp³-hybridized carbons (Fsp3) is 0.417. The number of hydrogen-bond acceptors (Lipinski definition) is 2. The summed E-state index contributed by atoms with van der Waals surface area (Å²) in [5.41, 5.74) is 0.962. The lowest BCUT2D eigenvalue weighted by atomic mass is 10.1. The first-order valence-electron chi connectivity index (χ1n) is 5.12. The van der Waals surface area contributed by atoms with Crippen molar-refractivity contribution in [1.82, 2.24) is 5.32 Å². The van der Waals surface area contributed by atoms with Gasteiger partial charge in [0.15, 0.2) is 0 Å². The fourth-order valence-corrected chi connectivity index (χ4v) is 1.31. The fourth-order valence-electron chi connectivity index (χ4n) is 1.31. The highest BCUT2D eigenvalue weighted by Crippen LogP contribution is 2.03. The van der Waals surface area contributed by atoms with Gasteiger partial charge in [0.1, 0.15) is 6.10 Å². The van der Waals surface area contributed by atoms with E-state index >= 15 is 0 Å². The van der Waals surface area contributed by atoms with Crippen molar-refractivity contribution in [3.8, 4) is 0 Å². The average Bonchev–Trinajstić information content (AvgIpc) is 2.18. The minimum atomic E-state index is -0.963. The molecular formula is C12H17NO2. The SMILES string of the molecule is CC(C)NC(=O)C(O)Cc1ccccc1. The van der Waals surface area contributed by atoms with Crippen LogP contribution >= 0.6 is 0 Å². The van der Waals surface area contributed by atoms with Crippen LogP contribution in [0.4, 0.5) is 0 Å². The molecule has 0 aromatic heterocycles. The largest absolute Gasteiger partial charge is 0.383 e. The first-order valence-corrected chi connectivity index (χ1v) is 5.12. The van der Waals surface area contributed by atoms with Crippen molar-refractivity contribution in [2.45, 2.75) is 32.4 Å². The zero-order chi connectivity index (χ0) is 11.3. The molecule has 0 bridgehead atoms. The lowest BCUT2D eigenvalue weighted by Crippen LogP contribution is -2.39.